The largest absolute Gasteiger partial charge is 0.377 e. The molecule has 0 atom stereocenters. The molecule has 21 heavy (non-hydrogen) atoms. The minimum absolute atomic E-state index is 0.447. The fourth-order valence-electron chi connectivity index (χ4n) is 2.52. The highest BCUT2D eigenvalue weighted by Gasteiger charge is 2.26. The molecule has 2 heterocycles. The Labute approximate surface area is 128 Å². The molecule has 0 spiro atoms. The summed E-state index contributed by atoms with van der Waals surface area (Å²) in [7, 11) is 1.68. The van der Waals surface area contributed by atoms with E-state index in [1.165, 1.54) is 12.8 Å². The Morgan fingerprint density at radius 1 is 1.29 bits per heavy atom. The minimum atomic E-state index is 0.447. The Bertz CT molecular complexity index is 452. The number of anilines is 2. The van der Waals surface area contributed by atoms with Crippen molar-refractivity contribution in [3.05, 3.63) is 11.9 Å². The molecule has 0 aliphatic carbocycles. The van der Waals surface area contributed by atoms with Gasteiger partial charge in [-0.25, -0.2) is 9.97 Å². The van der Waals surface area contributed by atoms with Crippen LogP contribution in [0.3, 0.4) is 0 Å². The summed E-state index contributed by atoms with van der Waals surface area (Å²) in [4.78, 5) is 11.5. The second kappa shape index (κ2) is 7.07. The maximum absolute atomic E-state index is 5.19. The van der Waals surface area contributed by atoms with Gasteiger partial charge in [0, 0.05) is 32.8 Å². The molecule has 118 valence electrons. The summed E-state index contributed by atoms with van der Waals surface area (Å²) in [6.07, 6.45) is 3.49. The van der Waals surface area contributed by atoms with Crippen LogP contribution in [0.1, 0.15) is 45.9 Å². The van der Waals surface area contributed by atoms with Crippen LogP contribution in [-0.4, -0.2) is 36.7 Å². The zero-order chi connectivity index (χ0) is 15.3. The Kier molecular flexibility index (Phi) is 5.39. The molecule has 0 bridgehead atoms. The standard InChI is InChI=1S/C16H28N4O/c1-5-8-17-13-11-15(19-14(18-13)12-21-4)20-9-6-16(2,3)7-10-20/h11H,5-10,12H2,1-4H3,(H,17,18,19). The van der Waals surface area contributed by atoms with Crippen molar-refractivity contribution in [2.45, 2.75) is 46.6 Å². The molecule has 5 heteroatoms. The number of nitrogens with zero attached hydrogens (tertiary/aromatic N) is 3. The number of aromatic nitrogens is 2. The van der Waals surface area contributed by atoms with E-state index in [2.05, 4.69) is 47.0 Å². The van der Waals surface area contributed by atoms with Crippen molar-refractivity contribution >= 4 is 11.6 Å². The summed E-state index contributed by atoms with van der Waals surface area (Å²) in [6, 6.07) is 2.06. The van der Waals surface area contributed by atoms with E-state index in [9.17, 15) is 0 Å². The summed E-state index contributed by atoms with van der Waals surface area (Å²) in [5.41, 5.74) is 0.447. The molecule has 0 radical (unpaired) electrons. The summed E-state index contributed by atoms with van der Waals surface area (Å²) in [5.74, 6) is 2.67. The van der Waals surface area contributed by atoms with Crippen molar-refractivity contribution in [2.24, 2.45) is 5.41 Å². The average molecular weight is 292 g/mol. The van der Waals surface area contributed by atoms with E-state index in [0.717, 1.165) is 43.5 Å². The van der Waals surface area contributed by atoms with Gasteiger partial charge >= 0.3 is 0 Å². The topological polar surface area (TPSA) is 50.3 Å². The first-order valence-corrected chi connectivity index (χ1v) is 7.90. The Balaban J connectivity index is 2.15. The normalized spacial score (nSPS) is 17.8. The third-order valence-electron chi connectivity index (χ3n) is 4.03. The molecule has 1 aliphatic rings. The predicted octanol–water partition coefficient (Wildman–Crippen LogP) is 3.07. The van der Waals surface area contributed by atoms with Crippen molar-refractivity contribution < 1.29 is 4.74 Å². The highest BCUT2D eigenvalue weighted by molar-refractivity contribution is 5.49. The molecule has 0 amide bonds. The SMILES string of the molecule is CCCNc1cc(N2CCC(C)(C)CC2)nc(COC)n1. The number of hydrogen-bond donors (Lipinski definition) is 1. The van der Waals surface area contributed by atoms with E-state index in [0.29, 0.717) is 12.0 Å². The highest BCUT2D eigenvalue weighted by Crippen LogP contribution is 2.32. The van der Waals surface area contributed by atoms with Gasteiger partial charge in [-0.1, -0.05) is 20.8 Å². The number of methoxy groups -OCH3 is 1. The quantitative estimate of drug-likeness (QED) is 0.873. The molecule has 1 N–H and O–H groups in total. The maximum Gasteiger partial charge on any atom is 0.158 e. The van der Waals surface area contributed by atoms with Crippen LogP contribution in [0, 0.1) is 5.41 Å². The molecule has 5 nitrogen and oxygen atoms in total. The fraction of sp³-hybridized carbons (Fsp3) is 0.750. The van der Waals surface area contributed by atoms with Gasteiger partial charge in [0.1, 0.15) is 18.2 Å². The molecule has 0 saturated carbocycles. The van der Waals surface area contributed by atoms with Crippen molar-refractivity contribution in [2.75, 3.05) is 37.0 Å². The summed E-state index contributed by atoms with van der Waals surface area (Å²) >= 11 is 0. The van der Waals surface area contributed by atoms with Crippen molar-refractivity contribution in [3.63, 3.8) is 0 Å². The van der Waals surface area contributed by atoms with E-state index in [-0.39, 0.29) is 0 Å². The van der Waals surface area contributed by atoms with Gasteiger partial charge in [0.05, 0.1) is 0 Å². The number of nitrogens with one attached hydrogen (secondary N) is 1. The zero-order valence-corrected chi connectivity index (χ0v) is 13.8. The van der Waals surface area contributed by atoms with Gasteiger partial charge in [-0.2, -0.15) is 0 Å². The molecule has 1 aliphatic heterocycles. The first-order chi connectivity index (χ1) is 10.0. The van der Waals surface area contributed by atoms with Gasteiger partial charge in [0.2, 0.25) is 0 Å². The van der Waals surface area contributed by atoms with Crippen molar-refractivity contribution in [1.82, 2.24) is 9.97 Å². The molecule has 1 fully saturated rings. The number of rotatable bonds is 6. The molecular weight excluding hydrogens is 264 g/mol. The molecule has 0 unspecified atom stereocenters. The lowest BCUT2D eigenvalue weighted by Gasteiger charge is -2.37. The van der Waals surface area contributed by atoms with Crippen LogP contribution in [0.15, 0.2) is 6.07 Å². The van der Waals surface area contributed by atoms with E-state index in [4.69, 9.17) is 4.74 Å². The summed E-state index contributed by atoms with van der Waals surface area (Å²) < 4.78 is 5.19. The summed E-state index contributed by atoms with van der Waals surface area (Å²) in [6.45, 7) is 10.3. The Hall–Kier alpha value is -1.36. The van der Waals surface area contributed by atoms with Gasteiger partial charge in [-0.05, 0) is 24.7 Å². The van der Waals surface area contributed by atoms with E-state index >= 15 is 0 Å². The van der Waals surface area contributed by atoms with Crippen LogP contribution in [0.25, 0.3) is 0 Å². The number of ether oxygens (including phenoxy) is 1. The third-order valence-corrected chi connectivity index (χ3v) is 4.03. The number of piperidine rings is 1. The van der Waals surface area contributed by atoms with Crippen LogP contribution < -0.4 is 10.2 Å². The lowest BCUT2D eigenvalue weighted by molar-refractivity contribution is 0.178. The van der Waals surface area contributed by atoms with Crippen molar-refractivity contribution in [3.8, 4) is 0 Å². The lowest BCUT2D eigenvalue weighted by Crippen LogP contribution is -2.38. The molecular formula is C16H28N4O. The van der Waals surface area contributed by atoms with E-state index < -0.39 is 0 Å². The predicted molar refractivity (Wildman–Crippen MR) is 86.8 cm³/mol. The third kappa shape index (κ3) is 4.56. The molecule has 1 saturated heterocycles. The smallest absolute Gasteiger partial charge is 0.158 e. The fourth-order valence-corrected chi connectivity index (χ4v) is 2.52. The van der Waals surface area contributed by atoms with Gasteiger partial charge in [-0.15, -0.1) is 0 Å². The Morgan fingerprint density at radius 2 is 2.00 bits per heavy atom. The van der Waals surface area contributed by atoms with E-state index in [1.807, 2.05) is 0 Å². The maximum atomic E-state index is 5.19. The van der Waals surface area contributed by atoms with Crippen molar-refractivity contribution in [1.29, 1.82) is 0 Å². The van der Waals surface area contributed by atoms with Crippen LogP contribution in [-0.2, 0) is 11.3 Å². The zero-order valence-electron chi connectivity index (χ0n) is 13.8. The highest BCUT2D eigenvalue weighted by atomic mass is 16.5. The van der Waals surface area contributed by atoms with Crippen LogP contribution in [0.4, 0.5) is 11.6 Å². The molecule has 1 aromatic rings. The van der Waals surface area contributed by atoms with E-state index in [1.54, 1.807) is 7.11 Å². The molecule has 0 aromatic carbocycles. The second-order valence-electron chi connectivity index (χ2n) is 6.54. The van der Waals surface area contributed by atoms with Gasteiger partial charge < -0.3 is 15.0 Å². The first-order valence-electron chi connectivity index (χ1n) is 7.90. The average Bonchev–Trinajstić information content (AvgIpc) is 2.45. The number of hydrogen-bond acceptors (Lipinski definition) is 5. The second-order valence-corrected chi connectivity index (χ2v) is 6.54. The monoisotopic (exact) mass is 292 g/mol. The van der Waals surface area contributed by atoms with Gasteiger partial charge in [-0.3, -0.25) is 0 Å². The molecule has 1 aromatic heterocycles. The minimum Gasteiger partial charge on any atom is -0.377 e. The summed E-state index contributed by atoms with van der Waals surface area (Å²) in [5, 5.41) is 3.36. The van der Waals surface area contributed by atoms with Crippen LogP contribution in [0.5, 0.6) is 0 Å². The van der Waals surface area contributed by atoms with Gasteiger partial charge in [0.15, 0.2) is 5.82 Å². The Morgan fingerprint density at radius 3 is 2.62 bits per heavy atom. The molecule has 2 rings (SSSR count). The van der Waals surface area contributed by atoms with Gasteiger partial charge in [0.25, 0.3) is 0 Å². The first kappa shape index (κ1) is 16.0. The lowest BCUT2D eigenvalue weighted by atomic mass is 9.83. The van der Waals surface area contributed by atoms with Crippen LogP contribution in [0.2, 0.25) is 0 Å². The van der Waals surface area contributed by atoms with Crippen LogP contribution >= 0.6 is 0 Å².